The van der Waals surface area contributed by atoms with E-state index in [4.69, 9.17) is 14.2 Å². The lowest BCUT2D eigenvalue weighted by Crippen LogP contribution is -2.12. The van der Waals surface area contributed by atoms with Crippen molar-refractivity contribution in [3.8, 4) is 11.9 Å². The number of carbonyl (C=O) groups excluding carboxylic acids is 1. The lowest BCUT2D eigenvalue weighted by molar-refractivity contribution is 0.0520. The van der Waals surface area contributed by atoms with Gasteiger partial charge in [-0.1, -0.05) is 0 Å². The van der Waals surface area contributed by atoms with Crippen LogP contribution in [0, 0.1) is 6.92 Å². The predicted molar refractivity (Wildman–Crippen MR) is 55.8 cm³/mol. The monoisotopic (exact) mass is 226 g/mol. The molecule has 0 bridgehead atoms. The average molecular weight is 226 g/mol. The molecule has 0 aromatic carbocycles. The number of carbonyl (C=O) groups is 1. The third kappa shape index (κ3) is 2.39. The SMILES string of the molecule is CCOC(=O)c1c(C)nc(OC)nc1OC. The molecule has 0 saturated carbocycles. The van der Waals surface area contributed by atoms with E-state index in [0.717, 1.165) is 0 Å². The molecule has 88 valence electrons. The zero-order valence-electron chi connectivity index (χ0n) is 9.73. The van der Waals surface area contributed by atoms with Crippen molar-refractivity contribution in [2.45, 2.75) is 13.8 Å². The maximum Gasteiger partial charge on any atom is 0.345 e. The third-order valence-corrected chi connectivity index (χ3v) is 1.89. The van der Waals surface area contributed by atoms with Gasteiger partial charge in [0.1, 0.15) is 5.56 Å². The smallest absolute Gasteiger partial charge is 0.345 e. The largest absolute Gasteiger partial charge is 0.480 e. The Morgan fingerprint density at radius 2 is 1.94 bits per heavy atom. The van der Waals surface area contributed by atoms with Crippen LogP contribution in [-0.4, -0.2) is 36.8 Å². The Bertz CT molecular complexity index is 393. The normalized spacial score (nSPS) is 9.75. The van der Waals surface area contributed by atoms with Crippen molar-refractivity contribution in [1.82, 2.24) is 9.97 Å². The third-order valence-electron chi connectivity index (χ3n) is 1.89. The van der Waals surface area contributed by atoms with Gasteiger partial charge in [0.15, 0.2) is 0 Å². The summed E-state index contributed by atoms with van der Waals surface area (Å²) in [4.78, 5) is 19.5. The molecule has 1 aromatic rings. The topological polar surface area (TPSA) is 70.5 Å². The van der Waals surface area contributed by atoms with Gasteiger partial charge in [-0.3, -0.25) is 0 Å². The number of hydrogen-bond donors (Lipinski definition) is 0. The summed E-state index contributed by atoms with van der Waals surface area (Å²) >= 11 is 0. The Balaban J connectivity index is 3.21. The van der Waals surface area contributed by atoms with Crippen molar-refractivity contribution in [2.24, 2.45) is 0 Å². The molecule has 0 amide bonds. The Morgan fingerprint density at radius 3 is 2.44 bits per heavy atom. The number of methoxy groups -OCH3 is 2. The van der Waals surface area contributed by atoms with Crippen molar-refractivity contribution in [2.75, 3.05) is 20.8 Å². The highest BCUT2D eigenvalue weighted by Gasteiger charge is 2.20. The summed E-state index contributed by atoms with van der Waals surface area (Å²) in [6.45, 7) is 3.68. The second-order valence-corrected chi connectivity index (χ2v) is 2.90. The Labute approximate surface area is 93.6 Å². The van der Waals surface area contributed by atoms with Crippen LogP contribution in [0.1, 0.15) is 23.0 Å². The zero-order valence-corrected chi connectivity index (χ0v) is 9.73. The van der Waals surface area contributed by atoms with E-state index >= 15 is 0 Å². The van der Waals surface area contributed by atoms with E-state index in [2.05, 4.69) is 9.97 Å². The summed E-state index contributed by atoms with van der Waals surface area (Å²) in [6, 6.07) is 0.155. The van der Waals surface area contributed by atoms with Gasteiger partial charge < -0.3 is 14.2 Å². The fraction of sp³-hybridized carbons (Fsp3) is 0.500. The Kier molecular flexibility index (Phi) is 4.04. The molecule has 1 aromatic heterocycles. The highest BCUT2D eigenvalue weighted by Crippen LogP contribution is 2.21. The van der Waals surface area contributed by atoms with Gasteiger partial charge in [-0.25, -0.2) is 4.79 Å². The quantitative estimate of drug-likeness (QED) is 0.713. The molecule has 0 fully saturated rings. The first kappa shape index (κ1) is 12.2. The van der Waals surface area contributed by atoms with Gasteiger partial charge in [-0.05, 0) is 13.8 Å². The summed E-state index contributed by atoms with van der Waals surface area (Å²) in [5.41, 5.74) is 0.687. The van der Waals surface area contributed by atoms with E-state index in [1.54, 1.807) is 13.8 Å². The molecule has 0 atom stereocenters. The maximum absolute atomic E-state index is 11.6. The summed E-state index contributed by atoms with van der Waals surface area (Å²) in [6.07, 6.45) is 0. The van der Waals surface area contributed by atoms with Gasteiger partial charge in [-0.15, -0.1) is 0 Å². The number of nitrogens with zero attached hydrogens (tertiary/aromatic N) is 2. The number of ether oxygens (including phenoxy) is 3. The molecular weight excluding hydrogens is 212 g/mol. The Morgan fingerprint density at radius 1 is 1.25 bits per heavy atom. The summed E-state index contributed by atoms with van der Waals surface area (Å²) in [5.74, 6) is -0.345. The second kappa shape index (κ2) is 5.29. The average Bonchev–Trinajstić information content (AvgIpc) is 2.27. The highest BCUT2D eigenvalue weighted by molar-refractivity contribution is 5.93. The number of aryl methyl sites for hydroxylation is 1. The van der Waals surface area contributed by atoms with Crippen molar-refractivity contribution < 1.29 is 19.0 Å². The van der Waals surface area contributed by atoms with Crippen LogP contribution in [0.5, 0.6) is 11.9 Å². The van der Waals surface area contributed by atoms with Gasteiger partial charge in [0.25, 0.3) is 0 Å². The molecule has 6 heteroatoms. The standard InChI is InChI=1S/C10H14N2O4/c1-5-16-9(13)7-6(2)11-10(15-4)12-8(7)14-3/h5H2,1-4H3. The van der Waals surface area contributed by atoms with Gasteiger partial charge in [0, 0.05) is 0 Å². The van der Waals surface area contributed by atoms with Crippen molar-refractivity contribution >= 4 is 5.97 Å². The van der Waals surface area contributed by atoms with Gasteiger partial charge in [-0.2, -0.15) is 9.97 Å². The molecule has 16 heavy (non-hydrogen) atoms. The summed E-state index contributed by atoms with van der Waals surface area (Å²) in [5, 5.41) is 0. The predicted octanol–water partition coefficient (Wildman–Crippen LogP) is 0.979. The summed E-state index contributed by atoms with van der Waals surface area (Å²) < 4.78 is 14.8. The van der Waals surface area contributed by atoms with Crippen molar-refractivity contribution in [3.63, 3.8) is 0 Å². The van der Waals surface area contributed by atoms with E-state index < -0.39 is 5.97 Å². The molecule has 0 aliphatic rings. The fourth-order valence-electron chi connectivity index (χ4n) is 1.20. The van der Waals surface area contributed by atoms with Crippen LogP contribution in [0.25, 0.3) is 0 Å². The lowest BCUT2D eigenvalue weighted by Gasteiger charge is -2.10. The van der Waals surface area contributed by atoms with E-state index in [0.29, 0.717) is 5.69 Å². The fourth-order valence-corrected chi connectivity index (χ4v) is 1.20. The number of aromatic nitrogens is 2. The first-order valence-electron chi connectivity index (χ1n) is 4.77. The first-order valence-corrected chi connectivity index (χ1v) is 4.77. The minimum absolute atomic E-state index is 0.155. The molecule has 1 heterocycles. The molecule has 0 N–H and O–H groups in total. The summed E-state index contributed by atoms with van der Waals surface area (Å²) in [7, 11) is 2.86. The van der Waals surface area contributed by atoms with E-state index in [9.17, 15) is 4.79 Å². The number of esters is 1. The maximum atomic E-state index is 11.6. The molecule has 0 radical (unpaired) electrons. The van der Waals surface area contributed by atoms with Crippen molar-refractivity contribution in [3.05, 3.63) is 11.3 Å². The van der Waals surface area contributed by atoms with Gasteiger partial charge >= 0.3 is 12.0 Å². The van der Waals surface area contributed by atoms with E-state index in [-0.39, 0.29) is 24.1 Å². The Hall–Kier alpha value is -1.85. The molecular formula is C10H14N2O4. The lowest BCUT2D eigenvalue weighted by atomic mass is 10.2. The molecule has 0 aliphatic carbocycles. The van der Waals surface area contributed by atoms with Crippen molar-refractivity contribution in [1.29, 1.82) is 0 Å². The van der Waals surface area contributed by atoms with E-state index in [1.165, 1.54) is 14.2 Å². The van der Waals surface area contributed by atoms with Crippen LogP contribution < -0.4 is 9.47 Å². The van der Waals surface area contributed by atoms with Crippen LogP contribution in [-0.2, 0) is 4.74 Å². The first-order chi connectivity index (χ1) is 7.63. The van der Waals surface area contributed by atoms with Crippen LogP contribution >= 0.6 is 0 Å². The van der Waals surface area contributed by atoms with E-state index in [1.807, 2.05) is 0 Å². The number of rotatable bonds is 4. The highest BCUT2D eigenvalue weighted by atomic mass is 16.5. The molecule has 0 unspecified atom stereocenters. The second-order valence-electron chi connectivity index (χ2n) is 2.90. The van der Waals surface area contributed by atoms with Crippen LogP contribution in [0.15, 0.2) is 0 Å². The molecule has 0 spiro atoms. The molecule has 6 nitrogen and oxygen atoms in total. The van der Waals surface area contributed by atoms with Crippen LogP contribution in [0.3, 0.4) is 0 Å². The van der Waals surface area contributed by atoms with Crippen LogP contribution in [0.4, 0.5) is 0 Å². The molecule has 1 rings (SSSR count). The molecule has 0 saturated heterocycles. The molecule has 0 aliphatic heterocycles. The minimum atomic E-state index is -0.500. The van der Waals surface area contributed by atoms with Gasteiger partial charge in [0.2, 0.25) is 5.88 Å². The van der Waals surface area contributed by atoms with Crippen LogP contribution in [0.2, 0.25) is 0 Å². The minimum Gasteiger partial charge on any atom is -0.480 e. The van der Waals surface area contributed by atoms with Gasteiger partial charge in [0.05, 0.1) is 26.5 Å². The number of hydrogen-bond acceptors (Lipinski definition) is 6. The zero-order chi connectivity index (χ0) is 12.1.